The molecule has 3 heteroatoms. The summed E-state index contributed by atoms with van der Waals surface area (Å²) in [5, 5.41) is 0. The van der Waals surface area contributed by atoms with Gasteiger partial charge >= 0.3 is 0 Å². The highest BCUT2D eigenvalue weighted by molar-refractivity contribution is 6.18. The van der Waals surface area contributed by atoms with Crippen molar-refractivity contribution < 1.29 is 0 Å². The number of rotatable bonds is 4. The van der Waals surface area contributed by atoms with Crippen LogP contribution in [-0.4, -0.2) is 29.4 Å². The molecule has 0 radical (unpaired) electrons. The van der Waals surface area contributed by atoms with E-state index in [1.165, 1.54) is 5.56 Å². The summed E-state index contributed by atoms with van der Waals surface area (Å²) >= 11 is 5.61. The number of pyridine rings is 1. The molecule has 66 valence electrons. The zero-order chi connectivity index (χ0) is 8.81. The molecule has 0 fully saturated rings. The lowest BCUT2D eigenvalue weighted by Crippen LogP contribution is -2.19. The smallest absolute Gasteiger partial charge is 0.0351 e. The molecule has 0 saturated carbocycles. The highest BCUT2D eigenvalue weighted by atomic mass is 35.5. The Labute approximate surface area is 78.2 Å². The molecule has 0 atom stereocenters. The molecule has 1 aromatic rings. The first kappa shape index (κ1) is 9.49. The molecule has 0 spiro atoms. The van der Waals surface area contributed by atoms with Gasteiger partial charge in [0.2, 0.25) is 0 Å². The SMILES string of the molecule is CN(CCCl)Cc1ccncc1. The Morgan fingerprint density at radius 2 is 2.08 bits per heavy atom. The van der Waals surface area contributed by atoms with Crippen molar-refractivity contribution in [1.82, 2.24) is 9.88 Å². The number of nitrogens with zero attached hydrogens (tertiary/aromatic N) is 2. The van der Waals surface area contributed by atoms with Crippen LogP contribution in [0.3, 0.4) is 0 Å². The second-order valence-corrected chi connectivity index (χ2v) is 3.16. The molecule has 2 nitrogen and oxygen atoms in total. The Hall–Kier alpha value is -0.600. The van der Waals surface area contributed by atoms with Gasteiger partial charge in [0, 0.05) is 31.4 Å². The van der Waals surface area contributed by atoms with Crippen LogP contribution in [0.1, 0.15) is 5.56 Å². The van der Waals surface area contributed by atoms with Gasteiger partial charge in [0.1, 0.15) is 0 Å². The Morgan fingerprint density at radius 1 is 1.42 bits per heavy atom. The third-order valence-corrected chi connectivity index (χ3v) is 1.84. The third kappa shape index (κ3) is 3.20. The molecule has 0 aromatic carbocycles. The summed E-state index contributed by atoms with van der Waals surface area (Å²) in [5.41, 5.74) is 1.28. The number of aromatic nitrogens is 1. The fourth-order valence-corrected chi connectivity index (χ4v) is 1.31. The summed E-state index contributed by atoms with van der Waals surface area (Å²) in [6.07, 6.45) is 3.62. The summed E-state index contributed by atoms with van der Waals surface area (Å²) in [6.45, 7) is 1.86. The van der Waals surface area contributed by atoms with E-state index in [9.17, 15) is 0 Å². The first-order chi connectivity index (χ1) is 5.83. The number of hydrogen-bond acceptors (Lipinski definition) is 2. The maximum atomic E-state index is 5.61. The van der Waals surface area contributed by atoms with E-state index < -0.39 is 0 Å². The maximum absolute atomic E-state index is 5.61. The van der Waals surface area contributed by atoms with Crippen molar-refractivity contribution in [3.05, 3.63) is 30.1 Å². The Bertz CT molecular complexity index is 213. The van der Waals surface area contributed by atoms with Crippen molar-refractivity contribution >= 4 is 11.6 Å². The van der Waals surface area contributed by atoms with Gasteiger partial charge in [-0.2, -0.15) is 0 Å². The minimum atomic E-state index is 0.682. The van der Waals surface area contributed by atoms with Gasteiger partial charge in [0.15, 0.2) is 0 Å². The second kappa shape index (κ2) is 5.12. The summed E-state index contributed by atoms with van der Waals surface area (Å²) < 4.78 is 0. The predicted molar refractivity (Wildman–Crippen MR) is 51.3 cm³/mol. The van der Waals surface area contributed by atoms with Crippen LogP contribution in [0.2, 0.25) is 0 Å². The van der Waals surface area contributed by atoms with Gasteiger partial charge in [-0.25, -0.2) is 0 Å². The van der Waals surface area contributed by atoms with E-state index in [1.54, 1.807) is 0 Å². The minimum Gasteiger partial charge on any atom is -0.301 e. The van der Waals surface area contributed by atoms with Crippen molar-refractivity contribution in [3.63, 3.8) is 0 Å². The van der Waals surface area contributed by atoms with Gasteiger partial charge < -0.3 is 4.90 Å². The van der Waals surface area contributed by atoms with Gasteiger partial charge in [0.05, 0.1) is 0 Å². The molecule has 1 aromatic heterocycles. The first-order valence-electron chi connectivity index (χ1n) is 3.96. The Morgan fingerprint density at radius 3 is 2.67 bits per heavy atom. The third-order valence-electron chi connectivity index (χ3n) is 1.67. The molecule has 12 heavy (non-hydrogen) atoms. The average molecular weight is 185 g/mol. The molecule has 0 amide bonds. The molecule has 0 aliphatic rings. The molecule has 1 heterocycles. The van der Waals surface area contributed by atoms with Crippen molar-refractivity contribution in [3.8, 4) is 0 Å². The van der Waals surface area contributed by atoms with Crippen molar-refractivity contribution in [2.45, 2.75) is 6.54 Å². The van der Waals surface area contributed by atoms with E-state index >= 15 is 0 Å². The largest absolute Gasteiger partial charge is 0.301 e. The zero-order valence-corrected chi connectivity index (χ0v) is 7.96. The fraction of sp³-hybridized carbons (Fsp3) is 0.444. The van der Waals surface area contributed by atoms with Gasteiger partial charge in [-0.05, 0) is 24.7 Å². The first-order valence-corrected chi connectivity index (χ1v) is 4.50. The lowest BCUT2D eigenvalue weighted by molar-refractivity contribution is 0.347. The topological polar surface area (TPSA) is 16.1 Å². The lowest BCUT2D eigenvalue weighted by atomic mass is 10.2. The monoisotopic (exact) mass is 184 g/mol. The van der Waals surface area contributed by atoms with Gasteiger partial charge in [-0.1, -0.05) is 0 Å². The molecule has 0 saturated heterocycles. The maximum Gasteiger partial charge on any atom is 0.0351 e. The van der Waals surface area contributed by atoms with Gasteiger partial charge in [-0.15, -0.1) is 11.6 Å². The minimum absolute atomic E-state index is 0.682. The summed E-state index contributed by atoms with van der Waals surface area (Å²) in [5.74, 6) is 0.682. The van der Waals surface area contributed by atoms with E-state index in [0.29, 0.717) is 5.88 Å². The highest BCUT2D eigenvalue weighted by Gasteiger charge is 1.97. The predicted octanol–water partition coefficient (Wildman–Crippen LogP) is 1.75. The quantitative estimate of drug-likeness (QED) is 0.663. The molecule has 0 aliphatic heterocycles. The Balaban J connectivity index is 2.41. The number of halogens is 1. The van der Waals surface area contributed by atoms with Crippen molar-refractivity contribution in [2.75, 3.05) is 19.5 Å². The molecule has 0 N–H and O–H groups in total. The standard InChI is InChI=1S/C9H13ClN2/c1-12(7-4-10)8-9-2-5-11-6-3-9/h2-3,5-6H,4,7-8H2,1H3. The number of hydrogen-bond donors (Lipinski definition) is 0. The molecular weight excluding hydrogens is 172 g/mol. The van der Waals surface area contributed by atoms with E-state index in [0.717, 1.165) is 13.1 Å². The summed E-state index contributed by atoms with van der Waals surface area (Å²) in [4.78, 5) is 6.14. The van der Waals surface area contributed by atoms with Crippen LogP contribution >= 0.6 is 11.6 Å². The molecule has 1 rings (SSSR count). The van der Waals surface area contributed by atoms with E-state index in [1.807, 2.05) is 24.5 Å². The van der Waals surface area contributed by atoms with Crippen LogP contribution in [0.5, 0.6) is 0 Å². The van der Waals surface area contributed by atoms with Crippen LogP contribution in [-0.2, 0) is 6.54 Å². The second-order valence-electron chi connectivity index (χ2n) is 2.78. The highest BCUT2D eigenvalue weighted by Crippen LogP contribution is 2.00. The average Bonchev–Trinajstić information content (AvgIpc) is 2.06. The van der Waals surface area contributed by atoms with Crippen molar-refractivity contribution in [1.29, 1.82) is 0 Å². The van der Waals surface area contributed by atoms with Crippen LogP contribution in [0.25, 0.3) is 0 Å². The van der Waals surface area contributed by atoms with Crippen LogP contribution in [0, 0.1) is 0 Å². The van der Waals surface area contributed by atoms with Crippen LogP contribution in [0.15, 0.2) is 24.5 Å². The summed E-state index contributed by atoms with van der Waals surface area (Å²) in [6, 6.07) is 4.04. The van der Waals surface area contributed by atoms with E-state index in [4.69, 9.17) is 11.6 Å². The van der Waals surface area contributed by atoms with E-state index in [-0.39, 0.29) is 0 Å². The molecular formula is C9H13ClN2. The molecule has 0 unspecified atom stereocenters. The van der Waals surface area contributed by atoms with Crippen LogP contribution < -0.4 is 0 Å². The molecule has 0 bridgehead atoms. The Kier molecular flexibility index (Phi) is 4.05. The van der Waals surface area contributed by atoms with Crippen LogP contribution in [0.4, 0.5) is 0 Å². The van der Waals surface area contributed by atoms with E-state index in [2.05, 4.69) is 16.9 Å². The van der Waals surface area contributed by atoms with Crippen molar-refractivity contribution in [2.24, 2.45) is 0 Å². The van der Waals surface area contributed by atoms with Gasteiger partial charge in [-0.3, -0.25) is 4.98 Å². The lowest BCUT2D eigenvalue weighted by Gasteiger charge is -2.14. The normalized spacial score (nSPS) is 10.6. The summed E-state index contributed by atoms with van der Waals surface area (Å²) in [7, 11) is 2.06. The zero-order valence-electron chi connectivity index (χ0n) is 7.20. The number of alkyl halides is 1. The fourth-order valence-electron chi connectivity index (χ4n) is 1.02. The molecule has 0 aliphatic carbocycles. The van der Waals surface area contributed by atoms with Gasteiger partial charge in [0.25, 0.3) is 0 Å².